The number of hydrogen-bond donors (Lipinski definition) is 0. The van der Waals surface area contributed by atoms with Crippen LogP contribution in [0.5, 0.6) is 0 Å². The lowest BCUT2D eigenvalue weighted by Gasteiger charge is -2.37. The van der Waals surface area contributed by atoms with Gasteiger partial charge in [0.1, 0.15) is 0 Å². The molecule has 1 aromatic carbocycles. The van der Waals surface area contributed by atoms with E-state index < -0.39 is 0 Å². The summed E-state index contributed by atoms with van der Waals surface area (Å²) >= 11 is 1.84. The maximum Gasteiger partial charge on any atom is 0.240 e. The molecule has 2 aromatic rings. The van der Waals surface area contributed by atoms with Crippen molar-refractivity contribution in [2.75, 3.05) is 45.5 Å². The number of carbonyl (C=O) groups excluding carboxylic acids is 1. The second-order valence-electron chi connectivity index (χ2n) is 7.91. The molecule has 2 fully saturated rings. The van der Waals surface area contributed by atoms with E-state index in [1.54, 1.807) is 6.20 Å². The van der Waals surface area contributed by atoms with Crippen molar-refractivity contribution in [3.05, 3.63) is 66.0 Å². The zero-order chi connectivity index (χ0) is 20.1. The van der Waals surface area contributed by atoms with Crippen LogP contribution in [0.3, 0.4) is 0 Å². The fourth-order valence-corrected chi connectivity index (χ4v) is 5.69. The van der Waals surface area contributed by atoms with Crippen LogP contribution >= 0.6 is 11.8 Å². The van der Waals surface area contributed by atoms with Crippen molar-refractivity contribution >= 4 is 17.7 Å². The normalized spacial score (nSPS) is 23.4. The number of hydrogen-bond acceptors (Lipinski definition) is 5. The highest BCUT2D eigenvalue weighted by molar-refractivity contribution is 7.99. The summed E-state index contributed by atoms with van der Waals surface area (Å²) in [5, 5.41) is 0.219. The van der Waals surface area contributed by atoms with Gasteiger partial charge in [-0.1, -0.05) is 36.4 Å². The Kier molecular flexibility index (Phi) is 6.85. The molecular weight excluding hydrogens is 380 g/mol. The Bertz CT molecular complexity index is 780. The summed E-state index contributed by atoms with van der Waals surface area (Å²) in [5.74, 6) is 1.14. The highest BCUT2D eigenvalue weighted by Crippen LogP contribution is 2.40. The largest absolute Gasteiger partial charge is 0.339 e. The predicted molar refractivity (Wildman–Crippen MR) is 119 cm³/mol. The third kappa shape index (κ3) is 5.00. The fourth-order valence-electron chi connectivity index (χ4n) is 4.23. The lowest BCUT2D eigenvalue weighted by Crippen LogP contribution is -2.54. The van der Waals surface area contributed by atoms with Gasteiger partial charge in [0.15, 0.2) is 0 Å². The number of pyridine rings is 1. The van der Waals surface area contributed by atoms with Crippen molar-refractivity contribution in [3.8, 4) is 0 Å². The first-order valence-corrected chi connectivity index (χ1v) is 11.6. The number of thioether (sulfide) groups is 1. The Balaban J connectivity index is 1.23. The molecule has 2 atom stereocenters. The average Bonchev–Trinajstić information content (AvgIpc) is 3.16. The van der Waals surface area contributed by atoms with E-state index >= 15 is 0 Å². The van der Waals surface area contributed by atoms with Gasteiger partial charge in [0.25, 0.3) is 0 Å². The average molecular weight is 411 g/mol. The third-order valence-corrected chi connectivity index (χ3v) is 7.42. The summed E-state index contributed by atoms with van der Waals surface area (Å²) in [7, 11) is 2.07. The van der Waals surface area contributed by atoms with Gasteiger partial charge in [0.2, 0.25) is 5.91 Å². The minimum atomic E-state index is -0.0326. The maximum atomic E-state index is 13.1. The molecule has 0 N–H and O–H groups in total. The molecule has 3 heterocycles. The smallest absolute Gasteiger partial charge is 0.240 e. The van der Waals surface area contributed by atoms with Crippen LogP contribution in [0, 0.1) is 0 Å². The van der Waals surface area contributed by atoms with Crippen LogP contribution in [0.4, 0.5) is 0 Å². The van der Waals surface area contributed by atoms with E-state index in [9.17, 15) is 4.79 Å². The van der Waals surface area contributed by atoms with E-state index in [4.69, 9.17) is 0 Å². The summed E-state index contributed by atoms with van der Waals surface area (Å²) in [6.45, 7) is 4.76. The molecule has 2 saturated heterocycles. The van der Waals surface area contributed by atoms with Crippen molar-refractivity contribution in [1.29, 1.82) is 0 Å². The molecule has 0 radical (unpaired) electrons. The van der Waals surface area contributed by atoms with Gasteiger partial charge in [0, 0.05) is 44.3 Å². The quantitative estimate of drug-likeness (QED) is 0.732. The first-order chi connectivity index (χ1) is 14.2. The van der Waals surface area contributed by atoms with Crippen LogP contribution in [0.25, 0.3) is 0 Å². The number of carbonyl (C=O) groups is 1. The molecule has 154 valence electrons. The van der Waals surface area contributed by atoms with Gasteiger partial charge in [0.05, 0.1) is 11.4 Å². The molecule has 2 aliphatic rings. The van der Waals surface area contributed by atoms with Gasteiger partial charge in [-0.25, -0.2) is 0 Å². The van der Waals surface area contributed by atoms with E-state index in [1.807, 2.05) is 24.0 Å². The highest BCUT2D eigenvalue weighted by Gasteiger charge is 2.39. The molecule has 0 spiro atoms. The number of aryl methyl sites for hydroxylation is 1. The zero-order valence-corrected chi connectivity index (χ0v) is 17.9. The Labute approximate surface area is 178 Å². The van der Waals surface area contributed by atoms with Gasteiger partial charge in [-0.05, 0) is 43.6 Å². The van der Waals surface area contributed by atoms with E-state index in [-0.39, 0.29) is 17.3 Å². The van der Waals surface area contributed by atoms with Crippen molar-refractivity contribution in [2.45, 2.75) is 24.3 Å². The Morgan fingerprint density at radius 2 is 1.90 bits per heavy atom. The minimum absolute atomic E-state index is 0.0326. The minimum Gasteiger partial charge on any atom is -0.339 e. The number of likely N-dealkylation sites (N-methyl/N-ethyl adjacent to an activating group) is 1. The standard InChI is InChI=1S/C23H30N4OS/c1-25-21(18-29-23(25)20-10-5-11-24-17-20)22(28)27-15-13-26(14-16-27)12-6-9-19-7-3-2-4-8-19/h2-5,7-8,10-11,17,21,23H,6,9,12-16,18H2,1H3. The van der Waals surface area contributed by atoms with Crippen LogP contribution in [-0.4, -0.2) is 77.2 Å². The van der Waals surface area contributed by atoms with Crippen LogP contribution in [0.2, 0.25) is 0 Å². The number of amides is 1. The molecule has 5 nitrogen and oxygen atoms in total. The Morgan fingerprint density at radius 1 is 1.10 bits per heavy atom. The van der Waals surface area contributed by atoms with Gasteiger partial charge in [-0.2, -0.15) is 0 Å². The fraction of sp³-hybridized carbons (Fsp3) is 0.478. The van der Waals surface area contributed by atoms with Crippen LogP contribution in [0.1, 0.15) is 22.9 Å². The van der Waals surface area contributed by atoms with Gasteiger partial charge in [-0.15, -0.1) is 11.8 Å². The Morgan fingerprint density at radius 3 is 2.62 bits per heavy atom. The zero-order valence-electron chi connectivity index (χ0n) is 17.1. The molecule has 2 unspecified atom stereocenters. The van der Waals surface area contributed by atoms with E-state index in [1.165, 1.54) is 17.5 Å². The monoisotopic (exact) mass is 410 g/mol. The topological polar surface area (TPSA) is 39.7 Å². The maximum absolute atomic E-state index is 13.1. The number of piperazine rings is 1. The third-order valence-electron chi connectivity index (χ3n) is 5.99. The van der Waals surface area contributed by atoms with Crippen molar-refractivity contribution in [3.63, 3.8) is 0 Å². The highest BCUT2D eigenvalue weighted by atomic mass is 32.2. The number of aromatic nitrogens is 1. The van der Waals surface area contributed by atoms with E-state index in [0.717, 1.165) is 44.9 Å². The number of rotatable bonds is 6. The first kappa shape index (κ1) is 20.4. The lowest BCUT2D eigenvalue weighted by molar-refractivity contribution is -0.137. The van der Waals surface area contributed by atoms with Crippen molar-refractivity contribution < 1.29 is 4.79 Å². The summed E-state index contributed by atoms with van der Waals surface area (Å²) in [5.41, 5.74) is 2.59. The predicted octanol–water partition coefficient (Wildman–Crippen LogP) is 2.90. The summed E-state index contributed by atoms with van der Waals surface area (Å²) in [4.78, 5) is 24.2. The molecule has 1 amide bonds. The first-order valence-electron chi connectivity index (χ1n) is 10.5. The Hall–Kier alpha value is -1.89. The van der Waals surface area contributed by atoms with E-state index in [0.29, 0.717) is 0 Å². The van der Waals surface area contributed by atoms with Gasteiger partial charge < -0.3 is 4.90 Å². The SMILES string of the molecule is CN1C(C(=O)N2CCN(CCCc3ccccc3)CC2)CSC1c1cccnc1. The molecular formula is C23H30N4OS. The molecule has 4 rings (SSSR count). The van der Waals surface area contributed by atoms with Crippen molar-refractivity contribution in [2.24, 2.45) is 0 Å². The molecule has 0 saturated carbocycles. The molecule has 1 aromatic heterocycles. The molecule has 6 heteroatoms. The van der Waals surface area contributed by atoms with Crippen molar-refractivity contribution in [1.82, 2.24) is 19.7 Å². The van der Waals surface area contributed by atoms with Crippen LogP contribution in [0.15, 0.2) is 54.9 Å². The molecule has 0 bridgehead atoms. The van der Waals surface area contributed by atoms with Crippen LogP contribution in [-0.2, 0) is 11.2 Å². The molecule has 0 aliphatic carbocycles. The van der Waals surface area contributed by atoms with Gasteiger partial charge >= 0.3 is 0 Å². The summed E-state index contributed by atoms with van der Waals surface area (Å²) < 4.78 is 0. The summed E-state index contributed by atoms with van der Waals surface area (Å²) in [6.07, 6.45) is 6.01. The van der Waals surface area contributed by atoms with E-state index in [2.05, 4.69) is 63.1 Å². The van der Waals surface area contributed by atoms with Gasteiger partial charge in [-0.3, -0.25) is 19.6 Å². The molecule has 29 heavy (non-hydrogen) atoms. The number of nitrogens with zero attached hydrogens (tertiary/aromatic N) is 4. The molecule has 2 aliphatic heterocycles. The van der Waals surface area contributed by atoms with Crippen LogP contribution < -0.4 is 0 Å². The lowest BCUT2D eigenvalue weighted by atomic mass is 10.1. The second kappa shape index (κ2) is 9.74. The summed E-state index contributed by atoms with van der Waals surface area (Å²) in [6, 6.07) is 14.7. The number of benzene rings is 1. The second-order valence-corrected chi connectivity index (χ2v) is 9.02.